The van der Waals surface area contributed by atoms with Gasteiger partial charge >= 0.3 is 0 Å². The predicted octanol–water partition coefficient (Wildman–Crippen LogP) is 4.00. The molecule has 3 aromatic rings. The second-order valence-corrected chi connectivity index (χ2v) is 6.77. The molecule has 2 N–H and O–H groups in total. The Kier molecular flexibility index (Phi) is 5.86. The van der Waals surface area contributed by atoms with Crippen LogP contribution in [0.15, 0.2) is 54.6 Å². The first-order valence-electron chi connectivity index (χ1n) is 8.32. The molecule has 1 heterocycles. The molecule has 0 aliphatic rings. The van der Waals surface area contributed by atoms with Gasteiger partial charge in [-0.1, -0.05) is 59.9 Å². The van der Waals surface area contributed by atoms with Crippen LogP contribution in [-0.4, -0.2) is 18.0 Å². The normalized spacial score (nSPS) is 10.4. The molecule has 0 saturated carbocycles. The van der Waals surface area contributed by atoms with Crippen LogP contribution in [-0.2, 0) is 13.1 Å². The number of aryl methyl sites for hydroxylation is 1. The molecule has 0 bridgehead atoms. The Balaban J connectivity index is 1.62. The lowest BCUT2D eigenvalue weighted by molar-refractivity contribution is 0.0954. The van der Waals surface area contributed by atoms with Gasteiger partial charge in [0.2, 0.25) is 0 Å². The third-order valence-electron chi connectivity index (χ3n) is 3.92. The number of hydrogen-bond donors (Lipinski definition) is 2. The van der Waals surface area contributed by atoms with Crippen LogP contribution >= 0.6 is 11.3 Å². The molecule has 1 aromatic heterocycles. The zero-order valence-corrected chi connectivity index (χ0v) is 15.6. The van der Waals surface area contributed by atoms with E-state index in [4.69, 9.17) is 4.74 Å². The molecule has 6 heteroatoms. The highest BCUT2D eigenvalue weighted by atomic mass is 32.1. The van der Waals surface area contributed by atoms with Crippen molar-refractivity contribution in [2.45, 2.75) is 20.0 Å². The summed E-state index contributed by atoms with van der Waals surface area (Å²) < 4.78 is 5.31. The van der Waals surface area contributed by atoms with E-state index in [1.807, 2.05) is 61.5 Å². The number of rotatable bonds is 7. The molecule has 134 valence electrons. The average Bonchev–Trinajstić information content (AvgIpc) is 3.06. The van der Waals surface area contributed by atoms with Crippen molar-refractivity contribution in [3.8, 4) is 5.75 Å². The van der Waals surface area contributed by atoms with Gasteiger partial charge in [0.15, 0.2) is 5.13 Å². The molecule has 0 aliphatic carbocycles. The summed E-state index contributed by atoms with van der Waals surface area (Å²) >= 11 is 1.37. The molecule has 0 aliphatic heterocycles. The first-order valence-corrected chi connectivity index (χ1v) is 9.14. The highest BCUT2D eigenvalue weighted by Crippen LogP contribution is 2.23. The van der Waals surface area contributed by atoms with E-state index in [9.17, 15) is 4.79 Å². The quantitative estimate of drug-likeness (QED) is 0.662. The van der Waals surface area contributed by atoms with Crippen molar-refractivity contribution >= 4 is 22.4 Å². The molecule has 1 amide bonds. The van der Waals surface area contributed by atoms with Gasteiger partial charge < -0.3 is 15.4 Å². The van der Waals surface area contributed by atoms with Crippen LogP contribution in [0.3, 0.4) is 0 Å². The third-order valence-corrected chi connectivity index (χ3v) is 5.04. The van der Waals surface area contributed by atoms with E-state index in [1.165, 1.54) is 16.9 Å². The van der Waals surface area contributed by atoms with Gasteiger partial charge in [-0.15, -0.1) is 0 Å². The number of ether oxygens (including phenoxy) is 1. The number of carbonyl (C=O) groups excluding carboxylic acids is 1. The maximum Gasteiger partial charge on any atom is 0.263 e. The van der Waals surface area contributed by atoms with Crippen LogP contribution in [0.25, 0.3) is 0 Å². The number of amides is 1. The van der Waals surface area contributed by atoms with Crippen molar-refractivity contribution in [3.05, 3.63) is 76.3 Å². The van der Waals surface area contributed by atoms with Gasteiger partial charge in [0, 0.05) is 18.7 Å². The fourth-order valence-corrected chi connectivity index (χ4v) is 3.44. The summed E-state index contributed by atoms with van der Waals surface area (Å²) in [6.45, 7) is 2.94. The molecular weight excluding hydrogens is 346 g/mol. The third kappa shape index (κ3) is 4.40. The fraction of sp³-hybridized carbons (Fsp3) is 0.200. The molecule has 2 aromatic carbocycles. The van der Waals surface area contributed by atoms with Crippen LogP contribution in [0, 0.1) is 6.92 Å². The Morgan fingerprint density at radius 2 is 1.81 bits per heavy atom. The van der Waals surface area contributed by atoms with E-state index in [2.05, 4.69) is 15.6 Å². The Morgan fingerprint density at radius 3 is 2.58 bits per heavy atom. The second kappa shape index (κ2) is 8.49. The molecule has 3 rings (SSSR count). The van der Waals surface area contributed by atoms with Crippen molar-refractivity contribution in [1.82, 2.24) is 10.3 Å². The largest absolute Gasteiger partial charge is 0.496 e. The lowest BCUT2D eigenvalue weighted by Crippen LogP contribution is -2.22. The van der Waals surface area contributed by atoms with E-state index >= 15 is 0 Å². The molecule has 0 atom stereocenters. The number of anilines is 1. The lowest BCUT2D eigenvalue weighted by atomic mass is 10.2. The molecule has 0 radical (unpaired) electrons. The molecule has 5 nitrogen and oxygen atoms in total. The first kappa shape index (κ1) is 17.9. The maximum atomic E-state index is 12.5. The van der Waals surface area contributed by atoms with Crippen LogP contribution in [0.4, 0.5) is 5.13 Å². The minimum atomic E-state index is -0.126. The van der Waals surface area contributed by atoms with E-state index < -0.39 is 0 Å². The molecule has 0 fully saturated rings. The fourth-order valence-electron chi connectivity index (χ4n) is 2.56. The number of hydrogen-bond acceptors (Lipinski definition) is 5. The van der Waals surface area contributed by atoms with Crippen molar-refractivity contribution in [1.29, 1.82) is 0 Å². The summed E-state index contributed by atoms with van der Waals surface area (Å²) in [6, 6.07) is 17.7. The van der Waals surface area contributed by atoms with E-state index in [0.717, 1.165) is 22.1 Å². The number of benzene rings is 2. The first-order chi connectivity index (χ1) is 12.7. The summed E-state index contributed by atoms with van der Waals surface area (Å²) in [5.74, 6) is 0.637. The molecule has 0 spiro atoms. The predicted molar refractivity (Wildman–Crippen MR) is 105 cm³/mol. The number of nitrogens with zero attached hydrogens (tertiary/aromatic N) is 1. The van der Waals surface area contributed by atoms with E-state index in [1.54, 1.807) is 7.11 Å². The summed E-state index contributed by atoms with van der Waals surface area (Å²) in [7, 11) is 1.62. The Hall–Kier alpha value is -2.86. The zero-order chi connectivity index (χ0) is 18.4. The number of nitrogens with one attached hydrogen (secondary N) is 2. The second-order valence-electron chi connectivity index (χ2n) is 5.77. The topological polar surface area (TPSA) is 63.2 Å². The minimum absolute atomic E-state index is 0.126. The Bertz CT molecular complexity index is 878. The standard InChI is InChI=1S/C20H21N3O2S/c1-14-18(19(24)21-13-16-10-6-7-11-17(16)25-2)26-20(23-14)22-12-15-8-4-3-5-9-15/h3-11H,12-13H2,1-2H3,(H,21,24)(H,22,23). The SMILES string of the molecule is COc1ccccc1CNC(=O)c1sc(NCc2ccccc2)nc1C. The van der Waals surface area contributed by atoms with Crippen molar-refractivity contribution < 1.29 is 9.53 Å². The van der Waals surface area contributed by atoms with Gasteiger partial charge in [0.05, 0.1) is 12.8 Å². The summed E-state index contributed by atoms with van der Waals surface area (Å²) in [5.41, 5.74) is 2.83. The number of methoxy groups -OCH3 is 1. The monoisotopic (exact) mass is 367 g/mol. The van der Waals surface area contributed by atoms with Gasteiger partial charge in [-0.2, -0.15) is 0 Å². The van der Waals surface area contributed by atoms with Crippen molar-refractivity contribution in [2.75, 3.05) is 12.4 Å². The van der Waals surface area contributed by atoms with Gasteiger partial charge in [0.1, 0.15) is 10.6 Å². The average molecular weight is 367 g/mol. The minimum Gasteiger partial charge on any atom is -0.496 e. The van der Waals surface area contributed by atoms with Gasteiger partial charge in [-0.25, -0.2) is 4.98 Å². The zero-order valence-electron chi connectivity index (χ0n) is 14.8. The Labute approximate surface area is 157 Å². The van der Waals surface area contributed by atoms with Crippen molar-refractivity contribution in [3.63, 3.8) is 0 Å². The molecule has 26 heavy (non-hydrogen) atoms. The van der Waals surface area contributed by atoms with Gasteiger partial charge in [0.25, 0.3) is 5.91 Å². The number of carbonyl (C=O) groups is 1. The van der Waals surface area contributed by atoms with Crippen LogP contribution in [0.1, 0.15) is 26.5 Å². The van der Waals surface area contributed by atoms with Gasteiger partial charge in [-0.05, 0) is 18.6 Å². The van der Waals surface area contributed by atoms with Crippen LogP contribution in [0.2, 0.25) is 0 Å². The molecule has 0 saturated heterocycles. The number of para-hydroxylation sites is 1. The van der Waals surface area contributed by atoms with Gasteiger partial charge in [-0.3, -0.25) is 4.79 Å². The summed E-state index contributed by atoms with van der Waals surface area (Å²) in [5, 5.41) is 6.96. The molecule has 0 unspecified atom stereocenters. The number of aromatic nitrogens is 1. The summed E-state index contributed by atoms with van der Waals surface area (Å²) in [6.07, 6.45) is 0. The Morgan fingerprint density at radius 1 is 1.08 bits per heavy atom. The van der Waals surface area contributed by atoms with Crippen molar-refractivity contribution in [2.24, 2.45) is 0 Å². The maximum absolute atomic E-state index is 12.5. The highest BCUT2D eigenvalue weighted by molar-refractivity contribution is 7.17. The van der Waals surface area contributed by atoms with Crippen LogP contribution < -0.4 is 15.4 Å². The highest BCUT2D eigenvalue weighted by Gasteiger charge is 2.15. The molecular formula is C20H21N3O2S. The lowest BCUT2D eigenvalue weighted by Gasteiger charge is -2.09. The van der Waals surface area contributed by atoms with E-state index in [-0.39, 0.29) is 5.91 Å². The summed E-state index contributed by atoms with van der Waals surface area (Å²) in [4.78, 5) is 17.6. The van der Waals surface area contributed by atoms with E-state index in [0.29, 0.717) is 18.0 Å². The number of thiazole rings is 1. The smallest absolute Gasteiger partial charge is 0.263 e. The van der Waals surface area contributed by atoms with Crippen LogP contribution in [0.5, 0.6) is 5.75 Å².